The van der Waals surface area contributed by atoms with Crippen molar-refractivity contribution < 1.29 is 19.5 Å². The maximum absolute atomic E-state index is 12.9. The van der Waals surface area contributed by atoms with E-state index in [1.54, 1.807) is 20.9 Å². The van der Waals surface area contributed by atoms with Crippen LogP contribution >= 0.6 is 0 Å². The number of amides is 3. The second-order valence-corrected chi connectivity index (χ2v) is 7.31. The van der Waals surface area contributed by atoms with Crippen molar-refractivity contribution in [1.82, 2.24) is 9.80 Å². The third kappa shape index (κ3) is 2.58. The molecular weight excluding hydrogens is 308 g/mol. The summed E-state index contributed by atoms with van der Waals surface area (Å²) in [5.74, 6) is 1.44. The van der Waals surface area contributed by atoms with Crippen LogP contribution < -0.4 is 0 Å². The molecule has 6 nitrogen and oxygen atoms in total. The Morgan fingerprint density at radius 3 is 2.50 bits per heavy atom. The molecule has 1 unspecified atom stereocenters. The predicted octanol–water partition coefficient (Wildman–Crippen LogP) is 2.46. The number of nitrogens with zero attached hydrogens (tertiary/aromatic N) is 2. The van der Waals surface area contributed by atoms with E-state index in [4.69, 9.17) is 6.42 Å². The van der Waals surface area contributed by atoms with Crippen molar-refractivity contribution >= 4 is 17.9 Å². The van der Waals surface area contributed by atoms with Gasteiger partial charge in [-0.1, -0.05) is 0 Å². The third-order valence-electron chi connectivity index (χ3n) is 5.20. The van der Waals surface area contributed by atoms with Crippen LogP contribution in [0.2, 0.25) is 0 Å². The van der Waals surface area contributed by atoms with Crippen LogP contribution in [-0.2, 0) is 9.59 Å². The Labute approximate surface area is 142 Å². The quantitative estimate of drug-likeness (QED) is 0.785. The molecule has 2 aliphatic rings. The molecule has 6 heteroatoms. The Morgan fingerprint density at radius 1 is 1.33 bits per heavy atom. The molecule has 130 valence electrons. The topological polar surface area (TPSA) is 77.9 Å². The highest BCUT2D eigenvalue weighted by atomic mass is 16.4. The van der Waals surface area contributed by atoms with E-state index in [1.807, 2.05) is 0 Å². The summed E-state index contributed by atoms with van der Waals surface area (Å²) in [6.07, 6.45) is 7.77. The molecule has 1 fully saturated rings. The van der Waals surface area contributed by atoms with Gasteiger partial charge in [0.1, 0.15) is 0 Å². The van der Waals surface area contributed by atoms with Gasteiger partial charge in [0, 0.05) is 26.2 Å². The summed E-state index contributed by atoms with van der Waals surface area (Å²) in [6.45, 7) is 3.31. The number of aliphatic carboxylic acids is 1. The zero-order chi connectivity index (χ0) is 18.3. The summed E-state index contributed by atoms with van der Waals surface area (Å²) >= 11 is 0. The number of carboxylic acid groups (broad SMARTS) is 1. The lowest BCUT2D eigenvalue weighted by molar-refractivity contribution is -0.146. The molecule has 0 aromatic rings. The van der Waals surface area contributed by atoms with Crippen LogP contribution in [0.5, 0.6) is 0 Å². The number of carbonyl (C=O) groups is 3. The lowest BCUT2D eigenvalue weighted by atomic mass is 9.76. The Balaban J connectivity index is 2.54. The molecule has 24 heavy (non-hydrogen) atoms. The Morgan fingerprint density at radius 2 is 1.96 bits per heavy atom. The van der Waals surface area contributed by atoms with Gasteiger partial charge in [0.25, 0.3) is 0 Å². The van der Waals surface area contributed by atoms with Crippen LogP contribution in [0.25, 0.3) is 0 Å². The normalized spacial score (nSPS) is 24.3. The second kappa shape index (κ2) is 5.97. The van der Waals surface area contributed by atoms with E-state index >= 15 is 0 Å². The van der Waals surface area contributed by atoms with Crippen LogP contribution in [0.15, 0.2) is 11.3 Å². The number of hydrogen-bond acceptors (Lipinski definition) is 3. The Bertz CT molecular complexity index is 671. The van der Waals surface area contributed by atoms with Gasteiger partial charge in [0.2, 0.25) is 5.91 Å². The molecule has 0 bridgehead atoms. The molecule has 1 aliphatic carbocycles. The highest BCUT2D eigenvalue weighted by Gasteiger charge is 2.55. The smallest absolute Gasteiger partial charge is 0.330 e. The first-order chi connectivity index (χ1) is 11.1. The van der Waals surface area contributed by atoms with E-state index in [-0.39, 0.29) is 11.9 Å². The van der Waals surface area contributed by atoms with Crippen molar-refractivity contribution in [1.29, 1.82) is 0 Å². The number of urea groups is 1. The molecule has 0 saturated carbocycles. The number of carboxylic acids is 1. The summed E-state index contributed by atoms with van der Waals surface area (Å²) in [5.41, 5.74) is -0.231. The second-order valence-electron chi connectivity index (χ2n) is 7.31. The van der Waals surface area contributed by atoms with Gasteiger partial charge in [-0.05, 0) is 45.1 Å². The Kier molecular flexibility index (Phi) is 4.49. The van der Waals surface area contributed by atoms with Crippen LogP contribution in [-0.4, -0.2) is 46.9 Å². The maximum atomic E-state index is 12.9. The molecule has 0 spiro atoms. The van der Waals surface area contributed by atoms with Crippen LogP contribution in [0.1, 0.15) is 46.0 Å². The number of rotatable bonds is 5. The zero-order valence-electron chi connectivity index (χ0n) is 14.7. The van der Waals surface area contributed by atoms with E-state index in [9.17, 15) is 19.5 Å². The molecule has 0 aromatic carbocycles. The van der Waals surface area contributed by atoms with Crippen LogP contribution in [0.4, 0.5) is 4.79 Å². The summed E-state index contributed by atoms with van der Waals surface area (Å²) in [6, 6.07) is -0.390. The van der Waals surface area contributed by atoms with Crippen molar-refractivity contribution in [2.75, 3.05) is 14.1 Å². The largest absolute Gasteiger partial charge is 0.481 e. The molecule has 1 atom stereocenters. The minimum absolute atomic E-state index is 0.237. The summed E-state index contributed by atoms with van der Waals surface area (Å²) in [4.78, 5) is 39.4. The van der Waals surface area contributed by atoms with E-state index < -0.39 is 16.8 Å². The molecule has 3 amide bonds. The SMILES string of the molecule is C#CCCC12CCC(CC(C)(C)C(=O)O)=C1N(C)C(=O)N(C)C2=O. The van der Waals surface area contributed by atoms with Gasteiger partial charge >= 0.3 is 12.0 Å². The number of imide groups is 1. The number of terminal acetylenes is 1. The molecule has 2 rings (SSSR count). The number of carbonyl (C=O) groups excluding carboxylic acids is 2. The average molecular weight is 332 g/mol. The van der Waals surface area contributed by atoms with E-state index in [0.717, 1.165) is 10.5 Å². The third-order valence-corrected chi connectivity index (χ3v) is 5.20. The molecular formula is C18H24N2O4. The van der Waals surface area contributed by atoms with E-state index in [1.165, 1.54) is 11.9 Å². The van der Waals surface area contributed by atoms with Crippen molar-refractivity contribution in [2.24, 2.45) is 10.8 Å². The molecule has 1 saturated heterocycles. The van der Waals surface area contributed by atoms with Gasteiger partial charge in [-0.25, -0.2) is 4.79 Å². The molecule has 1 heterocycles. The highest BCUT2D eigenvalue weighted by molar-refractivity contribution is 6.03. The molecule has 0 aromatic heterocycles. The van der Waals surface area contributed by atoms with Crippen molar-refractivity contribution in [2.45, 2.75) is 46.0 Å². The van der Waals surface area contributed by atoms with Crippen LogP contribution in [0.3, 0.4) is 0 Å². The van der Waals surface area contributed by atoms with Crippen molar-refractivity contribution in [3.05, 3.63) is 11.3 Å². The van der Waals surface area contributed by atoms with Crippen molar-refractivity contribution in [3.8, 4) is 12.3 Å². The van der Waals surface area contributed by atoms with Gasteiger partial charge in [0.15, 0.2) is 0 Å². The predicted molar refractivity (Wildman–Crippen MR) is 88.7 cm³/mol. The highest BCUT2D eigenvalue weighted by Crippen LogP contribution is 2.53. The standard InChI is InChI=1S/C18H24N2O4/c1-6-7-9-18-10-8-12(11-17(2,3)15(22)23)13(18)19(4)16(24)20(5)14(18)21/h1H,7-11H2,2-5H3,(H,22,23). The molecule has 1 N–H and O–H groups in total. The summed E-state index contributed by atoms with van der Waals surface area (Å²) in [7, 11) is 3.12. The fourth-order valence-corrected chi connectivity index (χ4v) is 3.85. The summed E-state index contributed by atoms with van der Waals surface area (Å²) < 4.78 is 0. The van der Waals surface area contributed by atoms with Gasteiger partial charge in [-0.15, -0.1) is 12.3 Å². The lowest BCUT2D eigenvalue weighted by Crippen LogP contribution is -2.57. The zero-order valence-corrected chi connectivity index (χ0v) is 14.7. The van der Waals surface area contributed by atoms with Gasteiger partial charge < -0.3 is 5.11 Å². The Hall–Kier alpha value is -2.29. The summed E-state index contributed by atoms with van der Waals surface area (Å²) in [5, 5.41) is 9.41. The average Bonchev–Trinajstić information content (AvgIpc) is 2.88. The first kappa shape index (κ1) is 18.1. The van der Waals surface area contributed by atoms with Crippen LogP contribution in [0, 0.1) is 23.2 Å². The fraction of sp³-hybridized carbons (Fsp3) is 0.611. The molecule has 0 radical (unpaired) electrons. The first-order valence-corrected chi connectivity index (χ1v) is 8.03. The minimum Gasteiger partial charge on any atom is -0.481 e. The van der Waals surface area contributed by atoms with Gasteiger partial charge in [0.05, 0.1) is 10.8 Å². The number of hydrogen-bond donors (Lipinski definition) is 1. The monoisotopic (exact) mass is 332 g/mol. The number of allylic oxidation sites excluding steroid dienone is 1. The van der Waals surface area contributed by atoms with Gasteiger partial charge in [-0.3, -0.25) is 19.4 Å². The molecule has 1 aliphatic heterocycles. The maximum Gasteiger partial charge on any atom is 0.330 e. The lowest BCUT2D eigenvalue weighted by Gasteiger charge is -2.43. The first-order valence-electron chi connectivity index (χ1n) is 8.03. The number of fused-ring (bicyclic) bond motifs is 1. The minimum atomic E-state index is -0.958. The van der Waals surface area contributed by atoms with E-state index in [2.05, 4.69) is 5.92 Å². The van der Waals surface area contributed by atoms with E-state index in [0.29, 0.717) is 37.8 Å². The van der Waals surface area contributed by atoms with Crippen molar-refractivity contribution in [3.63, 3.8) is 0 Å². The fourth-order valence-electron chi connectivity index (χ4n) is 3.85. The van der Waals surface area contributed by atoms with Gasteiger partial charge in [-0.2, -0.15) is 0 Å².